The molecule has 128 valence electrons. The molecule has 0 N–H and O–H groups in total. The fraction of sp³-hybridized carbons (Fsp3) is 0.0870. The summed E-state index contributed by atoms with van der Waals surface area (Å²) >= 11 is 0. The number of rotatable bonds is 5. The molecule has 0 aliphatic carbocycles. The van der Waals surface area contributed by atoms with Crippen molar-refractivity contribution in [2.24, 2.45) is 0 Å². The first-order chi connectivity index (χ1) is 12.9. The van der Waals surface area contributed by atoms with Crippen LogP contribution in [0.25, 0.3) is 28.2 Å². The minimum atomic E-state index is 0.623. The Kier molecular flexibility index (Phi) is 4.52. The van der Waals surface area contributed by atoms with Gasteiger partial charge in [-0.15, -0.1) is 0 Å². The number of para-hydroxylation sites is 2. The topological polar surface area (TPSA) is 27.1 Å². The summed E-state index contributed by atoms with van der Waals surface area (Å²) in [6.07, 6.45) is 1.88. The van der Waals surface area contributed by atoms with Crippen molar-refractivity contribution in [2.75, 3.05) is 6.61 Å². The van der Waals surface area contributed by atoms with E-state index in [-0.39, 0.29) is 0 Å². The first kappa shape index (κ1) is 16.2. The summed E-state index contributed by atoms with van der Waals surface area (Å²) in [5, 5.41) is 0. The molecule has 0 aliphatic rings. The van der Waals surface area contributed by atoms with Crippen LogP contribution >= 0.6 is 0 Å². The van der Waals surface area contributed by atoms with Gasteiger partial charge in [0.1, 0.15) is 12.1 Å². The third kappa shape index (κ3) is 3.00. The Balaban J connectivity index is 1.96. The van der Waals surface area contributed by atoms with Gasteiger partial charge in [0.15, 0.2) is 0 Å². The van der Waals surface area contributed by atoms with E-state index in [9.17, 15) is 0 Å². The van der Waals surface area contributed by atoms with Gasteiger partial charge in [0.05, 0.1) is 23.7 Å². The molecule has 26 heavy (non-hydrogen) atoms. The van der Waals surface area contributed by atoms with Crippen LogP contribution in [0.1, 0.15) is 6.92 Å². The lowest BCUT2D eigenvalue weighted by Crippen LogP contribution is -2.01. The van der Waals surface area contributed by atoms with Gasteiger partial charge in [-0.2, -0.15) is 0 Å². The molecule has 0 atom stereocenters. The van der Waals surface area contributed by atoms with E-state index in [0.717, 1.165) is 34.0 Å². The minimum absolute atomic E-state index is 0.623. The second-order valence-corrected chi connectivity index (χ2v) is 5.94. The number of aromatic nitrogens is 2. The molecule has 0 aliphatic heterocycles. The highest BCUT2D eigenvalue weighted by molar-refractivity contribution is 5.80. The zero-order valence-electron chi connectivity index (χ0n) is 14.7. The number of hydrogen-bond acceptors (Lipinski definition) is 2. The Labute approximate surface area is 153 Å². The van der Waals surface area contributed by atoms with Crippen LogP contribution in [0.2, 0.25) is 0 Å². The maximum absolute atomic E-state index is 5.85. The number of benzene rings is 3. The zero-order chi connectivity index (χ0) is 17.8. The first-order valence-corrected chi connectivity index (χ1v) is 8.79. The van der Waals surface area contributed by atoms with Crippen LogP contribution < -0.4 is 4.74 Å². The summed E-state index contributed by atoms with van der Waals surface area (Å²) in [4.78, 5) is 4.75. The van der Waals surface area contributed by atoms with Crippen LogP contribution in [0.3, 0.4) is 0 Å². The number of hydrogen-bond donors (Lipinski definition) is 0. The summed E-state index contributed by atoms with van der Waals surface area (Å²) < 4.78 is 7.96. The normalized spacial score (nSPS) is 10.7. The predicted molar refractivity (Wildman–Crippen MR) is 106 cm³/mol. The van der Waals surface area contributed by atoms with Crippen molar-refractivity contribution >= 4 is 0 Å². The smallest absolute Gasteiger partial charge is 0.143 e. The molecule has 0 saturated heterocycles. The molecule has 0 saturated carbocycles. The van der Waals surface area contributed by atoms with E-state index in [1.54, 1.807) is 0 Å². The van der Waals surface area contributed by atoms with Gasteiger partial charge in [0.25, 0.3) is 0 Å². The quantitative estimate of drug-likeness (QED) is 0.472. The molecule has 1 heterocycles. The van der Waals surface area contributed by atoms with E-state index in [2.05, 4.69) is 47.0 Å². The van der Waals surface area contributed by atoms with Crippen molar-refractivity contribution < 1.29 is 4.74 Å². The summed E-state index contributed by atoms with van der Waals surface area (Å²) in [5.74, 6) is 0.851. The average Bonchev–Trinajstić information content (AvgIpc) is 3.15. The van der Waals surface area contributed by atoms with Crippen LogP contribution in [0, 0.1) is 0 Å². The van der Waals surface area contributed by atoms with E-state index in [0.29, 0.717) is 6.61 Å². The van der Waals surface area contributed by atoms with Gasteiger partial charge in [-0.05, 0) is 19.1 Å². The van der Waals surface area contributed by atoms with Gasteiger partial charge in [0.2, 0.25) is 0 Å². The van der Waals surface area contributed by atoms with E-state index in [1.807, 2.05) is 55.7 Å². The molecular formula is C23H20N2O. The third-order valence-electron chi connectivity index (χ3n) is 4.29. The lowest BCUT2D eigenvalue weighted by molar-refractivity contribution is 0.339. The largest absolute Gasteiger partial charge is 0.492 e. The Bertz CT molecular complexity index is 991. The van der Waals surface area contributed by atoms with Crippen LogP contribution in [0.15, 0.2) is 91.3 Å². The van der Waals surface area contributed by atoms with Gasteiger partial charge in [-0.1, -0.05) is 72.8 Å². The predicted octanol–water partition coefficient (Wildman–Crippen LogP) is 5.61. The van der Waals surface area contributed by atoms with Crippen molar-refractivity contribution in [1.29, 1.82) is 0 Å². The maximum atomic E-state index is 5.85. The summed E-state index contributed by atoms with van der Waals surface area (Å²) in [6.45, 7) is 2.62. The molecular weight excluding hydrogens is 320 g/mol. The van der Waals surface area contributed by atoms with Gasteiger partial charge >= 0.3 is 0 Å². The molecule has 0 spiro atoms. The fourth-order valence-electron chi connectivity index (χ4n) is 3.14. The summed E-state index contributed by atoms with van der Waals surface area (Å²) in [7, 11) is 0. The number of imidazole rings is 1. The summed E-state index contributed by atoms with van der Waals surface area (Å²) in [5.41, 5.74) is 5.23. The highest BCUT2D eigenvalue weighted by atomic mass is 16.5. The molecule has 4 rings (SSSR count). The van der Waals surface area contributed by atoms with Crippen molar-refractivity contribution in [3.8, 4) is 34.0 Å². The Morgan fingerprint density at radius 2 is 1.38 bits per heavy atom. The fourth-order valence-corrected chi connectivity index (χ4v) is 3.14. The average molecular weight is 340 g/mol. The van der Waals surface area contributed by atoms with Gasteiger partial charge in [-0.3, -0.25) is 4.57 Å². The van der Waals surface area contributed by atoms with Gasteiger partial charge < -0.3 is 4.74 Å². The first-order valence-electron chi connectivity index (χ1n) is 8.79. The highest BCUT2D eigenvalue weighted by Gasteiger charge is 2.17. The lowest BCUT2D eigenvalue weighted by atomic mass is 10.0. The molecule has 0 bridgehead atoms. The van der Waals surface area contributed by atoms with Crippen LogP contribution in [0.5, 0.6) is 5.75 Å². The lowest BCUT2D eigenvalue weighted by Gasteiger charge is -2.14. The highest BCUT2D eigenvalue weighted by Crippen LogP contribution is 2.35. The van der Waals surface area contributed by atoms with E-state index in [4.69, 9.17) is 9.72 Å². The Morgan fingerprint density at radius 3 is 2.08 bits per heavy atom. The molecule has 1 aromatic heterocycles. The minimum Gasteiger partial charge on any atom is -0.492 e. The molecule has 0 unspecified atom stereocenters. The van der Waals surface area contributed by atoms with E-state index >= 15 is 0 Å². The summed E-state index contributed by atoms with van der Waals surface area (Å²) in [6, 6.07) is 28.7. The number of nitrogens with zero attached hydrogens (tertiary/aromatic N) is 2. The molecule has 0 radical (unpaired) electrons. The molecule has 3 nitrogen and oxygen atoms in total. The maximum Gasteiger partial charge on any atom is 0.143 e. The Hall–Kier alpha value is -3.33. The van der Waals surface area contributed by atoms with Crippen LogP contribution in [-0.4, -0.2) is 16.2 Å². The van der Waals surface area contributed by atoms with Crippen molar-refractivity contribution in [3.05, 3.63) is 91.3 Å². The van der Waals surface area contributed by atoms with Crippen molar-refractivity contribution in [3.63, 3.8) is 0 Å². The standard InChI is InChI=1S/C23H20N2O/c1-2-26-21-16-10-9-15-20(21)25-17-24-22(18-11-5-3-6-12-18)23(25)19-13-7-4-8-14-19/h3-17H,2H2,1H3. The zero-order valence-corrected chi connectivity index (χ0v) is 14.7. The van der Waals surface area contributed by atoms with E-state index < -0.39 is 0 Å². The molecule has 0 amide bonds. The second kappa shape index (κ2) is 7.28. The number of ether oxygens (including phenoxy) is 1. The molecule has 4 aromatic rings. The monoisotopic (exact) mass is 340 g/mol. The van der Waals surface area contributed by atoms with Crippen molar-refractivity contribution in [2.45, 2.75) is 6.92 Å². The molecule has 3 aromatic carbocycles. The van der Waals surface area contributed by atoms with E-state index in [1.165, 1.54) is 0 Å². The van der Waals surface area contributed by atoms with Crippen molar-refractivity contribution in [1.82, 2.24) is 9.55 Å². The SMILES string of the molecule is CCOc1ccccc1-n1cnc(-c2ccccc2)c1-c1ccccc1. The third-order valence-corrected chi connectivity index (χ3v) is 4.29. The van der Waals surface area contributed by atoms with Crippen LogP contribution in [-0.2, 0) is 0 Å². The molecule has 3 heteroatoms. The second-order valence-electron chi connectivity index (χ2n) is 5.94. The molecule has 0 fully saturated rings. The van der Waals surface area contributed by atoms with Gasteiger partial charge in [-0.25, -0.2) is 4.98 Å². The Morgan fingerprint density at radius 1 is 0.769 bits per heavy atom. The van der Waals surface area contributed by atoms with Crippen LogP contribution in [0.4, 0.5) is 0 Å². The van der Waals surface area contributed by atoms with Gasteiger partial charge in [0, 0.05) is 11.1 Å².